The Labute approximate surface area is 186 Å². The SMILES string of the molecule is CCCC(c1ccccc1OC)c1c(-c2ccccc2)c(N)nc2cccc(Br)c12. The van der Waals surface area contributed by atoms with Crippen molar-refractivity contribution in [2.24, 2.45) is 0 Å². The number of hydrogen-bond donors (Lipinski definition) is 1. The van der Waals surface area contributed by atoms with E-state index in [1.54, 1.807) is 7.11 Å². The summed E-state index contributed by atoms with van der Waals surface area (Å²) >= 11 is 3.79. The number of anilines is 1. The average molecular weight is 461 g/mol. The lowest BCUT2D eigenvalue weighted by Gasteiger charge is -2.26. The molecule has 0 bridgehead atoms. The van der Waals surface area contributed by atoms with E-state index in [4.69, 9.17) is 15.5 Å². The van der Waals surface area contributed by atoms with Crippen LogP contribution >= 0.6 is 15.9 Å². The van der Waals surface area contributed by atoms with E-state index in [9.17, 15) is 0 Å². The molecule has 0 aliphatic rings. The van der Waals surface area contributed by atoms with Crippen LogP contribution in [-0.2, 0) is 0 Å². The molecule has 4 rings (SSSR count). The van der Waals surface area contributed by atoms with Gasteiger partial charge in [0.15, 0.2) is 0 Å². The molecule has 30 heavy (non-hydrogen) atoms. The van der Waals surface area contributed by atoms with Gasteiger partial charge < -0.3 is 10.5 Å². The van der Waals surface area contributed by atoms with Gasteiger partial charge in [-0.25, -0.2) is 4.98 Å². The predicted octanol–water partition coefficient (Wildman–Crippen LogP) is 7.19. The maximum absolute atomic E-state index is 6.59. The van der Waals surface area contributed by atoms with Crippen LogP contribution in [0, 0.1) is 0 Å². The summed E-state index contributed by atoms with van der Waals surface area (Å²) in [5.74, 6) is 1.57. The van der Waals surface area contributed by atoms with Crippen LogP contribution < -0.4 is 10.5 Å². The topological polar surface area (TPSA) is 48.1 Å². The Kier molecular flexibility index (Phi) is 6.05. The Morgan fingerprint density at radius 1 is 0.967 bits per heavy atom. The second-order valence-electron chi connectivity index (χ2n) is 7.37. The number of ether oxygens (including phenoxy) is 1. The number of nitrogens with zero attached hydrogens (tertiary/aromatic N) is 1. The summed E-state index contributed by atoms with van der Waals surface area (Å²) in [5, 5.41) is 1.11. The first-order chi connectivity index (χ1) is 14.7. The molecule has 0 saturated carbocycles. The monoisotopic (exact) mass is 460 g/mol. The number of benzene rings is 3. The van der Waals surface area contributed by atoms with Crippen molar-refractivity contribution in [1.29, 1.82) is 0 Å². The first-order valence-corrected chi connectivity index (χ1v) is 11.0. The second-order valence-corrected chi connectivity index (χ2v) is 8.22. The van der Waals surface area contributed by atoms with Crippen LogP contribution in [0.5, 0.6) is 5.75 Å². The summed E-state index contributed by atoms with van der Waals surface area (Å²) in [6.07, 6.45) is 2.01. The molecule has 1 aromatic heterocycles. The molecule has 3 aromatic carbocycles. The van der Waals surface area contributed by atoms with Gasteiger partial charge in [0.2, 0.25) is 0 Å². The van der Waals surface area contributed by atoms with Crippen molar-refractivity contribution >= 4 is 32.7 Å². The summed E-state index contributed by atoms with van der Waals surface area (Å²) in [6, 6.07) is 24.7. The molecule has 1 atom stereocenters. The van der Waals surface area contributed by atoms with E-state index in [1.165, 1.54) is 11.1 Å². The molecule has 0 radical (unpaired) electrons. The van der Waals surface area contributed by atoms with Gasteiger partial charge in [-0.2, -0.15) is 0 Å². The third-order valence-electron chi connectivity index (χ3n) is 5.53. The number of pyridine rings is 1. The fourth-order valence-electron chi connectivity index (χ4n) is 4.28. The summed E-state index contributed by atoms with van der Waals surface area (Å²) in [4.78, 5) is 4.77. The standard InChI is InChI=1S/C26H25BrN2O/c1-3-10-19(18-13-7-8-16-22(18)30-2)24-23(17-11-5-4-6-12-17)26(28)29-21-15-9-14-20(27)25(21)24/h4-9,11-16,19H,3,10H2,1-2H3,(H2,28,29). The van der Waals surface area contributed by atoms with Gasteiger partial charge in [-0.15, -0.1) is 0 Å². The third-order valence-corrected chi connectivity index (χ3v) is 6.19. The van der Waals surface area contributed by atoms with E-state index in [0.717, 1.165) is 45.1 Å². The van der Waals surface area contributed by atoms with Crippen molar-refractivity contribution in [2.45, 2.75) is 25.7 Å². The number of nitrogen functional groups attached to an aromatic ring is 1. The Balaban J connectivity index is 2.13. The normalized spacial score (nSPS) is 12.1. The van der Waals surface area contributed by atoms with Gasteiger partial charge in [0.25, 0.3) is 0 Å². The first kappa shape index (κ1) is 20.4. The van der Waals surface area contributed by atoms with E-state index < -0.39 is 0 Å². The molecule has 1 heterocycles. The highest BCUT2D eigenvalue weighted by molar-refractivity contribution is 9.10. The lowest BCUT2D eigenvalue weighted by molar-refractivity contribution is 0.406. The molecule has 0 fully saturated rings. The number of halogens is 1. The summed E-state index contributed by atoms with van der Waals surface area (Å²) in [6.45, 7) is 2.21. The van der Waals surface area contributed by atoms with Crippen molar-refractivity contribution in [3.8, 4) is 16.9 Å². The molecule has 4 heteroatoms. The Hall–Kier alpha value is -2.85. The third kappa shape index (κ3) is 3.68. The van der Waals surface area contributed by atoms with Crippen molar-refractivity contribution in [1.82, 2.24) is 4.98 Å². The number of hydrogen-bond acceptors (Lipinski definition) is 3. The molecular formula is C26H25BrN2O. The van der Waals surface area contributed by atoms with Gasteiger partial charge in [-0.3, -0.25) is 0 Å². The minimum absolute atomic E-state index is 0.118. The van der Waals surface area contributed by atoms with Crippen molar-refractivity contribution in [3.63, 3.8) is 0 Å². The van der Waals surface area contributed by atoms with Gasteiger partial charge in [-0.1, -0.05) is 83.9 Å². The van der Waals surface area contributed by atoms with Gasteiger partial charge >= 0.3 is 0 Å². The van der Waals surface area contributed by atoms with Gasteiger partial charge in [-0.05, 0) is 35.7 Å². The smallest absolute Gasteiger partial charge is 0.132 e. The molecule has 0 saturated heterocycles. The number of para-hydroxylation sites is 1. The van der Waals surface area contributed by atoms with Crippen LogP contribution in [0.1, 0.15) is 36.8 Å². The van der Waals surface area contributed by atoms with Crippen molar-refractivity contribution < 1.29 is 4.74 Å². The molecule has 1 unspecified atom stereocenters. The van der Waals surface area contributed by atoms with Crippen molar-refractivity contribution in [3.05, 3.63) is 88.4 Å². The molecule has 152 valence electrons. The number of methoxy groups -OCH3 is 1. The predicted molar refractivity (Wildman–Crippen MR) is 129 cm³/mol. The van der Waals surface area contributed by atoms with E-state index in [2.05, 4.69) is 53.2 Å². The highest BCUT2D eigenvalue weighted by Gasteiger charge is 2.26. The number of fused-ring (bicyclic) bond motifs is 1. The van der Waals surface area contributed by atoms with Crippen molar-refractivity contribution in [2.75, 3.05) is 12.8 Å². The zero-order chi connectivity index (χ0) is 21.1. The summed E-state index contributed by atoms with van der Waals surface area (Å²) in [7, 11) is 1.73. The van der Waals surface area contributed by atoms with Crippen LogP contribution in [0.2, 0.25) is 0 Å². The van der Waals surface area contributed by atoms with Crippen LogP contribution in [0.15, 0.2) is 77.3 Å². The first-order valence-electron chi connectivity index (χ1n) is 10.2. The highest BCUT2D eigenvalue weighted by Crippen LogP contribution is 2.46. The molecule has 0 aliphatic carbocycles. The second kappa shape index (κ2) is 8.88. The minimum atomic E-state index is 0.118. The number of aromatic nitrogens is 1. The number of nitrogens with two attached hydrogens (primary N) is 1. The quantitative estimate of drug-likeness (QED) is 0.331. The summed E-state index contributed by atoms with van der Waals surface area (Å²) in [5.41, 5.74) is 11.9. The van der Waals surface area contributed by atoms with Crippen LogP contribution in [0.25, 0.3) is 22.0 Å². The molecule has 0 aliphatic heterocycles. The minimum Gasteiger partial charge on any atom is -0.496 e. The zero-order valence-electron chi connectivity index (χ0n) is 17.2. The Bertz CT molecular complexity index is 1170. The van der Waals surface area contributed by atoms with E-state index in [-0.39, 0.29) is 5.92 Å². The van der Waals surface area contributed by atoms with E-state index in [0.29, 0.717) is 5.82 Å². The molecule has 0 spiro atoms. The molecular weight excluding hydrogens is 436 g/mol. The summed E-state index contributed by atoms with van der Waals surface area (Å²) < 4.78 is 6.78. The molecule has 0 amide bonds. The van der Waals surface area contributed by atoms with E-state index in [1.807, 2.05) is 42.5 Å². The fraction of sp³-hybridized carbons (Fsp3) is 0.192. The number of rotatable bonds is 6. The van der Waals surface area contributed by atoms with Crippen LogP contribution in [-0.4, -0.2) is 12.1 Å². The van der Waals surface area contributed by atoms with Gasteiger partial charge in [0.1, 0.15) is 11.6 Å². The maximum atomic E-state index is 6.59. The maximum Gasteiger partial charge on any atom is 0.132 e. The average Bonchev–Trinajstić information content (AvgIpc) is 2.77. The van der Waals surface area contributed by atoms with Gasteiger partial charge in [0.05, 0.1) is 12.6 Å². The van der Waals surface area contributed by atoms with E-state index >= 15 is 0 Å². The van der Waals surface area contributed by atoms with Crippen LogP contribution in [0.4, 0.5) is 5.82 Å². The Morgan fingerprint density at radius 3 is 2.43 bits per heavy atom. The van der Waals surface area contributed by atoms with Gasteiger partial charge in [0, 0.05) is 26.9 Å². The molecule has 2 N–H and O–H groups in total. The molecule has 4 aromatic rings. The lowest BCUT2D eigenvalue weighted by Crippen LogP contribution is -2.09. The zero-order valence-corrected chi connectivity index (χ0v) is 18.8. The fourth-order valence-corrected chi connectivity index (χ4v) is 4.85. The Morgan fingerprint density at radius 2 is 1.70 bits per heavy atom. The van der Waals surface area contributed by atoms with Crippen LogP contribution in [0.3, 0.4) is 0 Å². The largest absolute Gasteiger partial charge is 0.496 e. The lowest BCUT2D eigenvalue weighted by atomic mass is 9.81. The molecule has 3 nitrogen and oxygen atoms in total. The highest BCUT2D eigenvalue weighted by atomic mass is 79.9.